The Morgan fingerprint density at radius 3 is 3.06 bits per heavy atom. The number of benzene rings is 1. The first-order valence-electron chi connectivity index (χ1n) is 5.82. The molecule has 1 atom stereocenters. The van der Waals surface area contributed by atoms with Crippen LogP contribution >= 0.6 is 11.3 Å². The van der Waals surface area contributed by atoms with Gasteiger partial charge in [0.1, 0.15) is 0 Å². The number of aromatic nitrogens is 2. The van der Waals surface area contributed by atoms with Crippen LogP contribution in [0.4, 0.5) is 5.69 Å². The van der Waals surface area contributed by atoms with Gasteiger partial charge in [0.2, 0.25) is 0 Å². The minimum absolute atomic E-state index is 0.270. The van der Waals surface area contributed by atoms with Gasteiger partial charge in [-0.1, -0.05) is 6.07 Å². The Morgan fingerprint density at radius 2 is 2.22 bits per heavy atom. The molecular formula is C14H13N3S. The van der Waals surface area contributed by atoms with E-state index in [1.165, 1.54) is 4.88 Å². The molecule has 1 unspecified atom stereocenters. The lowest BCUT2D eigenvalue weighted by molar-refractivity contribution is 0.904. The topological polar surface area (TPSA) is 37.8 Å². The average Bonchev–Trinajstić information content (AvgIpc) is 2.92. The molecule has 0 bridgehead atoms. The summed E-state index contributed by atoms with van der Waals surface area (Å²) in [6.07, 6.45) is 3.72. The van der Waals surface area contributed by atoms with Crippen molar-refractivity contribution in [2.75, 3.05) is 5.32 Å². The smallest absolute Gasteiger partial charge is 0.0795 e. The van der Waals surface area contributed by atoms with Gasteiger partial charge in [-0.15, -0.1) is 11.3 Å². The summed E-state index contributed by atoms with van der Waals surface area (Å²) in [6.45, 7) is 2.14. The lowest BCUT2D eigenvalue weighted by Gasteiger charge is -2.13. The van der Waals surface area contributed by atoms with Crippen molar-refractivity contribution in [2.45, 2.75) is 13.0 Å². The van der Waals surface area contributed by atoms with Crippen LogP contribution in [0.3, 0.4) is 0 Å². The molecule has 3 rings (SSSR count). The minimum atomic E-state index is 0.270. The number of thiazole rings is 1. The summed E-state index contributed by atoms with van der Waals surface area (Å²) < 4.78 is 0. The van der Waals surface area contributed by atoms with E-state index >= 15 is 0 Å². The molecule has 0 radical (unpaired) electrons. The van der Waals surface area contributed by atoms with Gasteiger partial charge in [0.15, 0.2) is 0 Å². The Bertz CT molecular complexity index is 649. The van der Waals surface area contributed by atoms with E-state index in [0.717, 1.165) is 16.6 Å². The number of anilines is 1. The number of rotatable bonds is 3. The van der Waals surface area contributed by atoms with Crippen LogP contribution < -0.4 is 5.32 Å². The molecule has 1 aromatic carbocycles. The molecule has 0 spiro atoms. The molecule has 0 fully saturated rings. The summed E-state index contributed by atoms with van der Waals surface area (Å²) in [5, 5.41) is 4.63. The molecule has 0 amide bonds. The van der Waals surface area contributed by atoms with Gasteiger partial charge in [-0.3, -0.25) is 9.97 Å². The molecule has 0 aliphatic carbocycles. The standard InChI is InChI=1S/C14H13N3S/c1-10(14-8-15-9-18-14)17-12-4-5-13-11(7-12)3-2-6-16-13/h2-10,17H,1H3. The monoisotopic (exact) mass is 255 g/mol. The van der Waals surface area contributed by atoms with E-state index in [2.05, 4.69) is 40.4 Å². The predicted molar refractivity (Wildman–Crippen MR) is 75.9 cm³/mol. The highest BCUT2D eigenvalue weighted by Gasteiger charge is 2.07. The van der Waals surface area contributed by atoms with Gasteiger partial charge in [0.25, 0.3) is 0 Å². The largest absolute Gasteiger partial charge is 0.378 e. The number of nitrogens with one attached hydrogen (secondary N) is 1. The second-order valence-corrected chi connectivity index (χ2v) is 5.10. The number of fused-ring (bicyclic) bond motifs is 1. The molecule has 90 valence electrons. The second-order valence-electron chi connectivity index (χ2n) is 4.18. The van der Waals surface area contributed by atoms with Gasteiger partial charge < -0.3 is 5.32 Å². The highest BCUT2D eigenvalue weighted by Crippen LogP contribution is 2.24. The van der Waals surface area contributed by atoms with Crippen LogP contribution in [-0.4, -0.2) is 9.97 Å². The summed E-state index contributed by atoms with van der Waals surface area (Å²) in [7, 11) is 0. The first-order valence-corrected chi connectivity index (χ1v) is 6.70. The summed E-state index contributed by atoms with van der Waals surface area (Å²) in [5.74, 6) is 0. The number of nitrogens with zero attached hydrogens (tertiary/aromatic N) is 2. The highest BCUT2D eigenvalue weighted by atomic mass is 32.1. The van der Waals surface area contributed by atoms with E-state index in [4.69, 9.17) is 0 Å². The third-order valence-corrected chi connectivity index (χ3v) is 3.82. The molecule has 0 saturated carbocycles. The number of hydrogen-bond donors (Lipinski definition) is 1. The van der Waals surface area contributed by atoms with Crippen molar-refractivity contribution in [1.29, 1.82) is 0 Å². The van der Waals surface area contributed by atoms with Crippen LogP contribution in [0.25, 0.3) is 10.9 Å². The minimum Gasteiger partial charge on any atom is -0.378 e. The maximum atomic E-state index is 4.32. The zero-order chi connectivity index (χ0) is 12.4. The van der Waals surface area contributed by atoms with E-state index < -0.39 is 0 Å². The molecule has 2 aromatic heterocycles. The van der Waals surface area contributed by atoms with Crippen molar-refractivity contribution < 1.29 is 0 Å². The van der Waals surface area contributed by atoms with E-state index in [1.54, 1.807) is 11.3 Å². The molecule has 2 heterocycles. The molecule has 4 heteroatoms. The first kappa shape index (κ1) is 11.2. The molecular weight excluding hydrogens is 242 g/mol. The lowest BCUT2D eigenvalue weighted by Crippen LogP contribution is -2.04. The van der Waals surface area contributed by atoms with Crippen molar-refractivity contribution in [3.8, 4) is 0 Å². The van der Waals surface area contributed by atoms with E-state index in [1.807, 2.05) is 30.0 Å². The predicted octanol–water partition coefficient (Wildman–Crippen LogP) is 3.86. The fourth-order valence-electron chi connectivity index (χ4n) is 1.93. The van der Waals surface area contributed by atoms with Gasteiger partial charge in [-0.25, -0.2) is 0 Å². The van der Waals surface area contributed by atoms with Crippen LogP contribution in [0, 0.1) is 0 Å². The Hall–Kier alpha value is -1.94. The summed E-state index contributed by atoms with van der Waals surface area (Å²) >= 11 is 1.67. The number of pyridine rings is 1. The normalized spacial score (nSPS) is 12.5. The van der Waals surface area contributed by atoms with Crippen molar-refractivity contribution in [3.63, 3.8) is 0 Å². The average molecular weight is 255 g/mol. The van der Waals surface area contributed by atoms with Crippen LogP contribution in [0.15, 0.2) is 48.2 Å². The Labute approximate surface area is 110 Å². The Kier molecular flexibility index (Phi) is 2.94. The quantitative estimate of drug-likeness (QED) is 0.772. The zero-order valence-electron chi connectivity index (χ0n) is 10.00. The second kappa shape index (κ2) is 4.74. The van der Waals surface area contributed by atoms with Crippen molar-refractivity contribution in [1.82, 2.24) is 9.97 Å². The van der Waals surface area contributed by atoms with Crippen molar-refractivity contribution in [2.24, 2.45) is 0 Å². The summed E-state index contributed by atoms with van der Waals surface area (Å²) in [4.78, 5) is 9.66. The maximum Gasteiger partial charge on any atom is 0.0795 e. The maximum absolute atomic E-state index is 4.32. The van der Waals surface area contributed by atoms with E-state index in [0.29, 0.717) is 0 Å². The SMILES string of the molecule is CC(Nc1ccc2ncccc2c1)c1cncs1. The first-order chi connectivity index (χ1) is 8.83. The van der Waals surface area contributed by atoms with Gasteiger partial charge >= 0.3 is 0 Å². The fraction of sp³-hybridized carbons (Fsp3) is 0.143. The van der Waals surface area contributed by atoms with Gasteiger partial charge in [-0.2, -0.15) is 0 Å². The molecule has 3 aromatic rings. The Morgan fingerprint density at radius 1 is 1.28 bits per heavy atom. The molecule has 1 N–H and O–H groups in total. The van der Waals surface area contributed by atoms with Crippen LogP contribution in [0.1, 0.15) is 17.8 Å². The van der Waals surface area contributed by atoms with Crippen molar-refractivity contribution >= 4 is 27.9 Å². The molecule has 18 heavy (non-hydrogen) atoms. The third kappa shape index (κ3) is 2.19. The fourth-order valence-corrected chi connectivity index (χ4v) is 2.55. The van der Waals surface area contributed by atoms with Gasteiger partial charge in [-0.05, 0) is 31.2 Å². The lowest BCUT2D eigenvalue weighted by atomic mass is 10.2. The zero-order valence-corrected chi connectivity index (χ0v) is 10.8. The summed E-state index contributed by atoms with van der Waals surface area (Å²) in [5.41, 5.74) is 3.99. The third-order valence-electron chi connectivity index (χ3n) is 2.86. The highest BCUT2D eigenvalue weighted by molar-refractivity contribution is 7.09. The van der Waals surface area contributed by atoms with E-state index in [-0.39, 0.29) is 6.04 Å². The molecule has 0 aliphatic rings. The molecule has 3 nitrogen and oxygen atoms in total. The van der Waals surface area contributed by atoms with Crippen LogP contribution in [-0.2, 0) is 0 Å². The van der Waals surface area contributed by atoms with Crippen molar-refractivity contribution in [3.05, 3.63) is 53.1 Å². The van der Waals surface area contributed by atoms with Crippen LogP contribution in [0.2, 0.25) is 0 Å². The van der Waals surface area contributed by atoms with Crippen LogP contribution in [0.5, 0.6) is 0 Å². The number of hydrogen-bond acceptors (Lipinski definition) is 4. The van der Waals surface area contributed by atoms with E-state index in [9.17, 15) is 0 Å². The molecule has 0 saturated heterocycles. The Balaban J connectivity index is 1.86. The molecule has 0 aliphatic heterocycles. The summed E-state index contributed by atoms with van der Waals surface area (Å²) in [6, 6.07) is 10.5. The van der Waals surface area contributed by atoms with Gasteiger partial charge in [0, 0.05) is 28.3 Å². The van der Waals surface area contributed by atoms with Gasteiger partial charge in [0.05, 0.1) is 17.1 Å².